The third-order valence-electron chi connectivity index (χ3n) is 8.02. The Morgan fingerprint density at radius 2 is 1.74 bits per heavy atom. The molecule has 242 valence electrons. The number of halogens is 3. The van der Waals surface area contributed by atoms with Crippen molar-refractivity contribution in [3.8, 4) is 11.4 Å². The van der Waals surface area contributed by atoms with E-state index in [1.54, 1.807) is 60.5 Å². The third kappa shape index (κ3) is 7.55. The molecule has 8 nitrogen and oxygen atoms in total. The lowest BCUT2D eigenvalue weighted by Gasteiger charge is -2.40. The molecular formula is C34H35F3N4O4S. The van der Waals surface area contributed by atoms with Gasteiger partial charge in [0.2, 0.25) is 5.91 Å². The van der Waals surface area contributed by atoms with Crippen LogP contribution in [0, 0.1) is 0 Å². The molecule has 0 saturated carbocycles. The number of ether oxygens (including phenoxy) is 1. The van der Waals surface area contributed by atoms with Gasteiger partial charge in [-0.3, -0.25) is 19.0 Å². The van der Waals surface area contributed by atoms with Gasteiger partial charge in [-0.05, 0) is 74.4 Å². The summed E-state index contributed by atoms with van der Waals surface area (Å²) in [6.45, 7) is 3.34. The minimum absolute atomic E-state index is 0.0469. The summed E-state index contributed by atoms with van der Waals surface area (Å²) in [7, 11) is 1.57. The van der Waals surface area contributed by atoms with Crippen molar-refractivity contribution in [3.63, 3.8) is 0 Å². The summed E-state index contributed by atoms with van der Waals surface area (Å²) in [4.78, 5) is 47.6. The molecule has 0 radical (unpaired) electrons. The first-order valence-electron chi connectivity index (χ1n) is 15.1. The average molecular weight is 653 g/mol. The van der Waals surface area contributed by atoms with E-state index >= 15 is 0 Å². The molecule has 0 N–H and O–H groups in total. The molecule has 1 aliphatic rings. The van der Waals surface area contributed by atoms with Crippen molar-refractivity contribution in [2.24, 2.45) is 0 Å². The van der Waals surface area contributed by atoms with E-state index in [0.717, 1.165) is 25.0 Å². The first-order valence-corrected chi connectivity index (χ1v) is 16.1. The maximum Gasteiger partial charge on any atom is 0.416 e. The van der Waals surface area contributed by atoms with Gasteiger partial charge < -0.3 is 14.5 Å². The maximum atomic E-state index is 13.4. The van der Waals surface area contributed by atoms with E-state index in [4.69, 9.17) is 4.74 Å². The van der Waals surface area contributed by atoms with Gasteiger partial charge in [0, 0.05) is 43.4 Å². The number of thioether (sulfide) groups is 1. The highest BCUT2D eigenvalue weighted by atomic mass is 32.2. The van der Waals surface area contributed by atoms with E-state index in [1.807, 2.05) is 11.8 Å². The molecule has 1 atom stereocenters. The highest BCUT2D eigenvalue weighted by Crippen LogP contribution is 2.31. The van der Waals surface area contributed by atoms with Gasteiger partial charge in [-0.2, -0.15) is 13.2 Å². The Labute approximate surface area is 269 Å². The number of fused-ring (bicyclic) bond motifs is 1. The normalized spacial score (nSPS) is 15.3. The van der Waals surface area contributed by atoms with E-state index in [0.29, 0.717) is 65.6 Å². The number of carbonyl (C=O) groups is 2. The van der Waals surface area contributed by atoms with E-state index in [2.05, 4.69) is 4.98 Å². The molecule has 46 heavy (non-hydrogen) atoms. The van der Waals surface area contributed by atoms with Crippen LogP contribution in [0.3, 0.4) is 0 Å². The summed E-state index contributed by atoms with van der Waals surface area (Å²) in [5.74, 6) is 1.23. The van der Waals surface area contributed by atoms with Crippen LogP contribution in [0.1, 0.15) is 48.5 Å². The number of hydrogen-bond donors (Lipinski definition) is 0. The second-order valence-electron chi connectivity index (χ2n) is 11.2. The molecule has 0 bridgehead atoms. The lowest BCUT2D eigenvalue weighted by Crippen LogP contribution is -2.55. The zero-order valence-electron chi connectivity index (χ0n) is 25.6. The fraction of sp³-hybridized carbons (Fsp3) is 0.353. The number of benzene rings is 3. The molecule has 1 saturated heterocycles. The minimum atomic E-state index is -4.55. The first-order chi connectivity index (χ1) is 22.1. The molecule has 1 aliphatic heterocycles. The summed E-state index contributed by atoms with van der Waals surface area (Å²) < 4.78 is 46.7. The number of alkyl halides is 3. The molecule has 0 spiro atoms. The summed E-state index contributed by atoms with van der Waals surface area (Å²) in [6, 6.07) is 18.3. The number of amides is 2. The van der Waals surface area contributed by atoms with Gasteiger partial charge in [0.05, 0.1) is 29.3 Å². The number of piperazine rings is 1. The highest BCUT2D eigenvalue weighted by molar-refractivity contribution is 7.99. The molecule has 1 aromatic heterocycles. The van der Waals surface area contributed by atoms with Gasteiger partial charge in [0.1, 0.15) is 5.75 Å². The number of carbonyl (C=O) groups excluding carboxylic acids is 2. The van der Waals surface area contributed by atoms with Crippen molar-refractivity contribution >= 4 is 34.5 Å². The lowest BCUT2D eigenvalue weighted by atomic mass is 10.1. The number of methoxy groups -OCH3 is 1. The maximum absolute atomic E-state index is 13.4. The van der Waals surface area contributed by atoms with Gasteiger partial charge in [-0.15, -0.1) is 0 Å². The van der Waals surface area contributed by atoms with Gasteiger partial charge in [-0.1, -0.05) is 36.4 Å². The Kier molecular flexibility index (Phi) is 10.4. The van der Waals surface area contributed by atoms with E-state index in [9.17, 15) is 27.6 Å². The van der Waals surface area contributed by atoms with Gasteiger partial charge in [0.15, 0.2) is 5.16 Å². The Hall–Kier alpha value is -4.32. The van der Waals surface area contributed by atoms with Crippen LogP contribution in [-0.4, -0.2) is 69.7 Å². The van der Waals surface area contributed by atoms with Crippen molar-refractivity contribution in [1.29, 1.82) is 0 Å². The third-order valence-corrected chi connectivity index (χ3v) is 9.05. The van der Waals surface area contributed by atoms with E-state index in [1.165, 1.54) is 28.5 Å². The zero-order chi connectivity index (χ0) is 32.8. The number of rotatable bonds is 10. The molecule has 1 fully saturated rings. The monoisotopic (exact) mass is 652 g/mol. The number of para-hydroxylation sites is 1. The smallest absolute Gasteiger partial charge is 0.416 e. The van der Waals surface area contributed by atoms with Crippen molar-refractivity contribution in [2.75, 3.05) is 32.5 Å². The summed E-state index contributed by atoms with van der Waals surface area (Å²) >= 11 is 1.31. The summed E-state index contributed by atoms with van der Waals surface area (Å²) in [5, 5.41) is 0.637. The molecule has 12 heteroatoms. The fourth-order valence-electron chi connectivity index (χ4n) is 5.52. The van der Waals surface area contributed by atoms with Crippen LogP contribution in [0.2, 0.25) is 0 Å². The van der Waals surface area contributed by atoms with Crippen LogP contribution in [0.4, 0.5) is 13.2 Å². The Balaban J connectivity index is 1.14. The Bertz CT molecular complexity index is 1760. The lowest BCUT2D eigenvalue weighted by molar-refractivity contribution is -0.137. The number of nitrogens with zero attached hydrogens (tertiary/aromatic N) is 4. The van der Waals surface area contributed by atoms with E-state index < -0.39 is 17.3 Å². The number of aromatic nitrogens is 2. The molecule has 2 amide bonds. The first kappa shape index (κ1) is 33.1. The highest BCUT2D eigenvalue weighted by Gasteiger charge is 2.31. The topological polar surface area (TPSA) is 84.7 Å². The number of unbranched alkanes of at least 4 members (excludes halogenated alkanes) is 2. The molecular weight excluding hydrogens is 617 g/mol. The molecule has 4 aromatic rings. The van der Waals surface area contributed by atoms with Gasteiger partial charge in [-0.25, -0.2) is 4.98 Å². The second kappa shape index (κ2) is 14.4. The van der Waals surface area contributed by atoms with Crippen LogP contribution >= 0.6 is 11.8 Å². The number of hydrogen-bond acceptors (Lipinski definition) is 6. The van der Waals surface area contributed by atoms with Crippen molar-refractivity contribution in [1.82, 2.24) is 19.4 Å². The summed E-state index contributed by atoms with van der Waals surface area (Å²) in [6.07, 6.45) is -2.01. The largest absolute Gasteiger partial charge is 0.497 e. The molecule has 2 heterocycles. The molecule has 3 aromatic carbocycles. The van der Waals surface area contributed by atoms with Crippen LogP contribution in [0.25, 0.3) is 16.6 Å². The Morgan fingerprint density at radius 3 is 2.46 bits per heavy atom. The second-order valence-corrected chi connectivity index (χ2v) is 12.2. The van der Waals surface area contributed by atoms with Crippen LogP contribution in [0.15, 0.2) is 82.7 Å². The minimum Gasteiger partial charge on any atom is -0.497 e. The van der Waals surface area contributed by atoms with Crippen LogP contribution in [0.5, 0.6) is 5.75 Å². The summed E-state index contributed by atoms with van der Waals surface area (Å²) in [5.41, 5.74) is -0.116. The average Bonchev–Trinajstić information content (AvgIpc) is 3.05. The quantitative estimate of drug-likeness (QED) is 0.111. The van der Waals surface area contributed by atoms with Crippen molar-refractivity contribution in [3.05, 3.63) is 94.3 Å². The van der Waals surface area contributed by atoms with Crippen LogP contribution in [-0.2, 0) is 11.0 Å². The molecule has 1 unspecified atom stereocenters. The molecule has 5 rings (SSSR count). The van der Waals surface area contributed by atoms with Gasteiger partial charge in [0.25, 0.3) is 11.5 Å². The predicted molar refractivity (Wildman–Crippen MR) is 172 cm³/mol. The predicted octanol–water partition coefficient (Wildman–Crippen LogP) is 6.44. The van der Waals surface area contributed by atoms with Crippen molar-refractivity contribution in [2.45, 2.75) is 50.0 Å². The fourth-order valence-corrected chi connectivity index (χ4v) is 6.53. The zero-order valence-corrected chi connectivity index (χ0v) is 26.4. The SMILES string of the molecule is COc1ccc(C(=O)N2CCN(C(=O)CCCCCSc3nc4ccccc4c(=O)n3-c3cccc(C(F)(F)F)c3)CC2C)cc1. The van der Waals surface area contributed by atoms with E-state index in [-0.39, 0.29) is 23.5 Å². The van der Waals surface area contributed by atoms with Gasteiger partial charge >= 0.3 is 6.18 Å². The Morgan fingerprint density at radius 1 is 0.978 bits per heavy atom. The van der Waals surface area contributed by atoms with Crippen molar-refractivity contribution < 1.29 is 27.5 Å². The van der Waals surface area contributed by atoms with Crippen LogP contribution < -0.4 is 10.3 Å². The molecule has 0 aliphatic carbocycles. The standard InChI is InChI=1S/C34H35F3N4O4S/c1-23-22-39(18-19-40(23)31(43)24-14-16-27(45-2)17-15-24)30(42)13-4-3-7-20-46-33-38-29-12-6-5-11-28(29)32(44)41(33)26-10-8-9-25(21-26)34(35,36)37/h5-6,8-12,14-17,21,23H,3-4,7,13,18-20,22H2,1-2H3.